The van der Waals surface area contributed by atoms with Gasteiger partial charge in [0.1, 0.15) is 0 Å². The van der Waals surface area contributed by atoms with Gasteiger partial charge in [-0.15, -0.1) is 0 Å². The van der Waals surface area contributed by atoms with E-state index in [-0.39, 0.29) is 0 Å². The Hall–Kier alpha value is -1.23. The highest BCUT2D eigenvalue weighted by molar-refractivity contribution is 6.30. The van der Waals surface area contributed by atoms with Crippen LogP contribution in [-0.4, -0.2) is 17.3 Å². The summed E-state index contributed by atoms with van der Waals surface area (Å²) in [5.74, 6) is -2.43. The largest absolute Gasteiger partial charge is 0.481 e. The Labute approximate surface area is 101 Å². The lowest BCUT2D eigenvalue weighted by Gasteiger charge is -2.14. The first-order valence-electron chi connectivity index (χ1n) is 4.84. The first kappa shape index (κ1) is 13.8. The minimum absolute atomic E-state index is 0.325. The van der Waals surface area contributed by atoms with Gasteiger partial charge in [0.15, 0.2) is 0 Å². The molecule has 0 aliphatic rings. The monoisotopic (exact) mass is 266 g/mol. The summed E-state index contributed by atoms with van der Waals surface area (Å²) < 4.78 is 36.1. The van der Waals surface area contributed by atoms with Gasteiger partial charge >= 0.3 is 12.1 Å². The van der Waals surface area contributed by atoms with Crippen molar-refractivity contribution in [2.45, 2.75) is 24.9 Å². The van der Waals surface area contributed by atoms with Crippen LogP contribution in [0.1, 0.15) is 24.3 Å². The van der Waals surface area contributed by atoms with Crippen molar-refractivity contribution in [1.82, 2.24) is 0 Å². The van der Waals surface area contributed by atoms with E-state index >= 15 is 0 Å². The van der Waals surface area contributed by atoms with E-state index in [9.17, 15) is 18.0 Å². The number of carboxylic acids is 1. The fourth-order valence-corrected chi connectivity index (χ4v) is 1.56. The van der Waals surface area contributed by atoms with E-state index in [1.54, 1.807) is 0 Å². The minimum Gasteiger partial charge on any atom is -0.481 e. The molecule has 0 aliphatic carbocycles. The number of hydrogen-bond acceptors (Lipinski definition) is 1. The van der Waals surface area contributed by atoms with Crippen molar-refractivity contribution >= 4 is 17.6 Å². The van der Waals surface area contributed by atoms with Crippen molar-refractivity contribution in [3.8, 4) is 0 Å². The summed E-state index contributed by atoms with van der Waals surface area (Å²) in [5.41, 5.74) is 0.325. The molecule has 0 spiro atoms. The molecule has 0 saturated heterocycles. The Morgan fingerprint density at radius 1 is 1.29 bits per heavy atom. The van der Waals surface area contributed by atoms with E-state index in [0.717, 1.165) is 0 Å². The smallest absolute Gasteiger partial charge is 0.389 e. The summed E-state index contributed by atoms with van der Waals surface area (Å²) in [7, 11) is 0. The van der Waals surface area contributed by atoms with E-state index < -0.39 is 30.9 Å². The van der Waals surface area contributed by atoms with Crippen molar-refractivity contribution in [1.29, 1.82) is 0 Å². The van der Waals surface area contributed by atoms with Crippen molar-refractivity contribution in [2.24, 2.45) is 0 Å². The van der Waals surface area contributed by atoms with Crippen molar-refractivity contribution < 1.29 is 23.1 Å². The van der Waals surface area contributed by atoms with Crippen molar-refractivity contribution in [3.05, 3.63) is 34.9 Å². The highest BCUT2D eigenvalue weighted by Gasteiger charge is 2.31. The highest BCUT2D eigenvalue weighted by Crippen LogP contribution is 2.29. The Kier molecular flexibility index (Phi) is 4.40. The van der Waals surface area contributed by atoms with Gasteiger partial charge in [0.2, 0.25) is 0 Å². The molecule has 0 saturated carbocycles. The van der Waals surface area contributed by atoms with E-state index in [0.29, 0.717) is 10.6 Å². The third-order valence-corrected chi connectivity index (χ3v) is 2.54. The first-order chi connectivity index (χ1) is 7.79. The molecule has 0 fully saturated rings. The number of hydrogen-bond donors (Lipinski definition) is 1. The number of rotatable bonds is 4. The zero-order valence-electron chi connectivity index (χ0n) is 8.67. The van der Waals surface area contributed by atoms with E-state index in [4.69, 9.17) is 16.7 Å². The SMILES string of the molecule is O=C(O)C(CCC(F)(F)F)c1ccc(Cl)cc1. The molecule has 0 aromatic heterocycles. The summed E-state index contributed by atoms with van der Waals surface area (Å²) in [6.07, 6.45) is -5.94. The maximum atomic E-state index is 12.0. The molecule has 1 aromatic rings. The molecular weight excluding hydrogens is 257 g/mol. The fraction of sp³-hybridized carbons (Fsp3) is 0.364. The summed E-state index contributed by atoms with van der Waals surface area (Å²) in [5, 5.41) is 9.30. The summed E-state index contributed by atoms with van der Waals surface area (Å²) >= 11 is 5.62. The third-order valence-electron chi connectivity index (χ3n) is 2.29. The van der Waals surface area contributed by atoms with Crippen LogP contribution in [0.3, 0.4) is 0 Å². The molecular formula is C11H10ClF3O2. The van der Waals surface area contributed by atoms with Crippen LogP contribution in [0, 0.1) is 0 Å². The second kappa shape index (κ2) is 5.40. The first-order valence-corrected chi connectivity index (χ1v) is 5.22. The maximum Gasteiger partial charge on any atom is 0.389 e. The molecule has 2 nitrogen and oxygen atoms in total. The molecule has 17 heavy (non-hydrogen) atoms. The van der Waals surface area contributed by atoms with Crippen LogP contribution < -0.4 is 0 Å². The number of carboxylic acid groups (broad SMARTS) is 1. The lowest BCUT2D eigenvalue weighted by molar-refractivity contribution is -0.145. The third kappa shape index (κ3) is 4.65. The molecule has 94 valence electrons. The predicted octanol–water partition coefficient (Wildman–Crippen LogP) is 3.85. The van der Waals surface area contributed by atoms with Gasteiger partial charge in [0, 0.05) is 11.4 Å². The number of alkyl halides is 3. The van der Waals surface area contributed by atoms with Crippen molar-refractivity contribution in [2.75, 3.05) is 0 Å². The van der Waals surface area contributed by atoms with Crippen LogP contribution in [0.25, 0.3) is 0 Å². The van der Waals surface area contributed by atoms with Crippen LogP contribution in [0.4, 0.5) is 13.2 Å². The molecule has 0 amide bonds. The summed E-state index contributed by atoms with van der Waals surface area (Å²) in [6, 6.07) is 5.77. The molecule has 1 aromatic carbocycles. The van der Waals surface area contributed by atoms with Crippen LogP contribution in [0.15, 0.2) is 24.3 Å². The number of benzene rings is 1. The number of aliphatic carboxylic acids is 1. The van der Waals surface area contributed by atoms with Gasteiger partial charge in [0.25, 0.3) is 0 Å². The van der Waals surface area contributed by atoms with Gasteiger partial charge in [-0.2, -0.15) is 13.2 Å². The molecule has 1 N–H and O–H groups in total. The summed E-state index contributed by atoms with van der Waals surface area (Å²) in [4.78, 5) is 10.9. The van der Waals surface area contributed by atoms with Gasteiger partial charge in [-0.05, 0) is 24.1 Å². The second-order valence-electron chi connectivity index (χ2n) is 3.60. The van der Waals surface area contributed by atoms with Gasteiger partial charge in [0.05, 0.1) is 5.92 Å². The lowest BCUT2D eigenvalue weighted by atomic mass is 9.94. The standard InChI is InChI=1S/C11H10ClF3O2/c12-8-3-1-7(2-4-8)9(10(16)17)5-6-11(13,14)15/h1-4,9H,5-6H2,(H,16,17). The minimum atomic E-state index is -4.35. The highest BCUT2D eigenvalue weighted by atomic mass is 35.5. The topological polar surface area (TPSA) is 37.3 Å². The Bertz CT molecular complexity index is 387. The lowest BCUT2D eigenvalue weighted by Crippen LogP contribution is -2.16. The molecule has 1 unspecified atom stereocenters. The van der Waals surface area contributed by atoms with Crippen LogP contribution in [-0.2, 0) is 4.79 Å². The normalized spacial score (nSPS) is 13.4. The maximum absolute atomic E-state index is 12.0. The predicted molar refractivity (Wildman–Crippen MR) is 57.1 cm³/mol. The van der Waals surface area contributed by atoms with Gasteiger partial charge < -0.3 is 5.11 Å². The molecule has 0 heterocycles. The van der Waals surface area contributed by atoms with Gasteiger partial charge in [-0.3, -0.25) is 4.79 Å². The Morgan fingerprint density at radius 2 is 1.82 bits per heavy atom. The quantitative estimate of drug-likeness (QED) is 0.899. The Morgan fingerprint density at radius 3 is 2.24 bits per heavy atom. The average molecular weight is 267 g/mol. The zero-order chi connectivity index (χ0) is 13.1. The van der Waals surface area contributed by atoms with E-state index in [1.807, 2.05) is 0 Å². The number of halogens is 4. The molecule has 1 atom stereocenters. The summed E-state index contributed by atoms with van der Waals surface area (Å²) in [6.45, 7) is 0. The second-order valence-corrected chi connectivity index (χ2v) is 4.03. The zero-order valence-corrected chi connectivity index (χ0v) is 9.42. The molecule has 6 heteroatoms. The Balaban J connectivity index is 2.79. The molecule has 0 aliphatic heterocycles. The van der Waals surface area contributed by atoms with Crippen LogP contribution in [0.2, 0.25) is 5.02 Å². The molecule has 0 radical (unpaired) electrons. The fourth-order valence-electron chi connectivity index (χ4n) is 1.44. The van der Waals surface area contributed by atoms with Crippen molar-refractivity contribution in [3.63, 3.8) is 0 Å². The average Bonchev–Trinajstić information content (AvgIpc) is 2.18. The van der Waals surface area contributed by atoms with Crippen LogP contribution >= 0.6 is 11.6 Å². The van der Waals surface area contributed by atoms with Gasteiger partial charge in [-0.25, -0.2) is 0 Å². The van der Waals surface area contributed by atoms with Gasteiger partial charge in [-0.1, -0.05) is 23.7 Å². The number of carbonyl (C=O) groups is 1. The van der Waals surface area contributed by atoms with E-state index in [1.165, 1.54) is 24.3 Å². The molecule has 0 bridgehead atoms. The molecule has 1 rings (SSSR count). The van der Waals surface area contributed by atoms with E-state index in [2.05, 4.69) is 0 Å². The van der Waals surface area contributed by atoms with Crippen LogP contribution in [0.5, 0.6) is 0 Å².